The monoisotopic (exact) mass is 219 g/mol. The summed E-state index contributed by atoms with van der Waals surface area (Å²) >= 11 is 0. The standard InChI is InChI=1S/C13H17NO2/c15-13(11-7-3-1-4-8-11)16-14-12-9-5-2-6-10-12/h1,3-4,7-8,12,14H,2,5-6,9-10H2. The largest absolute Gasteiger partial charge is 0.366 e. The molecule has 0 radical (unpaired) electrons. The molecule has 1 saturated carbocycles. The Hall–Kier alpha value is -1.35. The second-order valence-electron chi connectivity index (χ2n) is 4.21. The molecule has 1 aliphatic carbocycles. The third-order valence-electron chi connectivity index (χ3n) is 2.93. The van der Waals surface area contributed by atoms with Crippen molar-refractivity contribution in [1.29, 1.82) is 0 Å². The Morgan fingerprint density at radius 1 is 1.12 bits per heavy atom. The van der Waals surface area contributed by atoms with Crippen molar-refractivity contribution in [3.63, 3.8) is 0 Å². The van der Waals surface area contributed by atoms with Crippen LogP contribution in [0.5, 0.6) is 0 Å². The topological polar surface area (TPSA) is 38.3 Å². The van der Waals surface area contributed by atoms with Gasteiger partial charge in [-0.25, -0.2) is 4.79 Å². The fourth-order valence-corrected chi connectivity index (χ4v) is 1.99. The second-order valence-corrected chi connectivity index (χ2v) is 4.21. The van der Waals surface area contributed by atoms with Crippen LogP contribution in [0.2, 0.25) is 0 Å². The molecule has 0 saturated heterocycles. The van der Waals surface area contributed by atoms with Crippen molar-refractivity contribution in [2.24, 2.45) is 0 Å². The van der Waals surface area contributed by atoms with Gasteiger partial charge in [0.05, 0.1) is 5.56 Å². The van der Waals surface area contributed by atoms with E-state index in [0.717, 1.165) is 12.8 Å². The zero-order valence-electron chi connectivity index (χ0n) is 9.32. The first kappa shape index (κ1) is 11.1. The summed E-state index contributed by atoms with van der Waals surface area (Å²) in [5.74, 6) is -0.300. The highest BCUT2D eigenvalue weighted by atomic mass is 16.7. The van der Waals surface area contributed by atoms with E-state index in [1.165, 1.54) is 19.3 Å². The van der Waals surface area contributed by atoms with Gasteiger partial charge in [0.1, 0.15) is 0 Å². The quantitative estimate of drug-likeness (QED) is 0.794. The second kappa shape index (κ2) is 5.66. The van der Waals surface area contributed by atoms with E-state index in [1.54, 1.807) is 12.1 Å². The predicted molar refractivity (Wildman–Crippen MR) is 61.9 cm³/mol. The zero-order chi connectivity index (χ0) is 11.2. The lowest BCUT2D eigenvalue weighted by atomic mass is 9.96. The van der Waals surface area contributed by atoms with E-state index in [-0.39, 0.29) is 5.97 Å². The predicted octanol–water partition coefficient (Wildman–Crippen LogP) is 2.68. The molecule has 1 aromatic carbocycles. The van der Waals surface area contributed by atoms with Crippen LogP contribution in [0, 0.1) is 0 Å². The van der Waals surface area contributed by atoms with Crippen molar-refractivity contribution >= 4 is 5.97 Å². The minimum absolute atomic E-state index is 0.300. The lowest BCUT2D eigenvalue weighted by molar-refractivity contribution is 0.0113. The molecule has 0 unspecified atom stereocenters. The molecule has 3 nitrogen and oxygen atoms in total. The molecule has 0 heterocycles. The van der Waals surface area contributed by atoms with Gasteiger partial charge in [-0.15, -0.1) is 5.48 Å². The van der Waals surface area contributed by atoms with Crippen LogP contribution in [0.25, 0.3) is 0 Å². The van der Waals surface area contributed by atoms with Gasteiger partial charge in [0.15, 0.2) is 0 Å². The third kappa shape index (κ3) is 3.07. The zero-order valence-corrected chi connectivity index (χ0v) is 9.32. The van der Waals surface area contributed by atoms with E-state index in [9.17, 15) is 4.79 Å². The third-order valence-corrected chi connectivity index (χ3v) is 2.93. The molecule has 0 aromatic heterocycles. The first-order valence-electron chi connectivity index (χ1n) is 5.88. The van der Waals surface area contributed by atoms with Crippen LogP contribution in [0.15, 0.2) is 30.3 Å². The van der Waals surface area contributed by atoms with E-state index in [1.807, 2.05) is 18.2 Å². The average molecular weight is 219 g/mol. The van der Waals surface area contributed by atoms with Gasteiger partial charge in [0, 0.05) is 6.04 Å². The van der Waals surface area contributed by atoms with Crippen molar-refractivity contribution in [3.8, 4) is 0 Å². The van der Waals surface area contributed by atoms with Gasteiger partial charge in [-0.1, -0.05) is 37.5 Å². The highest BCUT2D eigenvalue weighted by molar-refractivity contribution is 5.89. The van der Waals surface area contributed by atoms with Crippen LogP contribution in [0.4, 0.5) is 0 Å². The first-order chi connectivity index (χ1) is 7.86. The van der Waals surface area contributed by atoms with Crippen LogP contribution < -0.4 is 5.48 Å². The molecule has 0 amide bonds. The maximum atomic E-state index is 11.6. The lowest BCUT2D eigenvalue weighted by Gasteiger charge is -2.21. The molecule has 86 valence electrons. The molecule has 3 heteroatoms. The van der Waals surface area contributed by atoms with Gasteiger partial charge >= 0.3 is 5.97 Å². The first-order valence-corrected chi connectivity index (χ1v) is 5.88. The summed E-state index contributed by atoms with van der Waals surface area (Å²) < 4.78 is 0. The molecule has 16 heavy (non-hydrogen) atoms. The lowest BCUT2D eigenvalue weighted by Crippen LogP contribution is -2.33. The summed E-state index contributed by atoms with van der Waals surface area (Å²) in [5, 5.41) is 0. The van der Waals surface area contributed by atoms with Gasteiger partial charge in [0.2, 0.25) is 0 Å². The Balaban J connectivity index is 1.79. The SMILES string of the molecule is O=C(ONC1CCCCC1)c1ccccc1. The summed E-state index contributed by atoms with van der Waals surface area (Å²) in [6, 6.07) is 9.39. The van der Waals surface area contributed by atoms with Crippen LogP contribution in [0.1, 0.15) is 42.5 Å². The highest BCUT2D eigenvalue weighted by Crippen LogP contribution is 2.17. The molecule has 1 N–H and O–H groups in total. The fourth-order valence-electron chi connectivity index (χ4n) is 1.99. The smallest absolute Gasteiger partial charge is 0.356 e. The van der Waals surface area contributed by atoms with Crippen LogP contribution in [0.3, 0.4) is 0 Å². The van der Waals surface area contributed by atoms with Gasteiger partial charge in [-0.3, -0.25) is 0 Å². The van der Waals surface area contributed by atoms with Gasteiger partial charge in [0.25, 0.3) is 0 Å². The number of carbonyl (C=O) groups is 1. The van der Waals surface area contributed by atoms with Crippen molar-refractivity contribution in [1.82, 2.24) is 5.48 Å². The van der Waals surface area contributed by atoms with Crippen LogP contribution in [-0.2, 0) is 4.84 Å². The van der Waals surface area contributed by atoms with E-state index < -0.39 is 0 Å². The maximum absolute atomic E-state index is 11.6. The van der Waals surface area contributed by atoms with Gasteiger partial charge in [-0.2, -0.15) is 0 Å². The number of benzene rings is 1. The molecule has 0 aliphatic heterocycles. The van der Waals surface area contributed by atoms with Crippen molar-refractivity contribution in [2.75, 3.05) is 0 Å². The molecule has 1 aliphatic rings. The van der Waals surface area contributed by atoms with Crippen molar-refractivity contribution in [3.05, 3.63) is 35.9 Å². The molecular formula is C13H17NO2. The van der Waals surface area contributed by atoms with Crippen molar-refractivity contribution in [2.45, 2.75) is 38.1 Å². The number of carbonyl (C=O) groups excluding carboxylic acids is 1. The van der Waals surface area contributed by atoms with Crippen LogP contribution >= 0.6 is 0 Å². The Morgan fingerprint density at radius 2 is 1.81 bits per heavy atom. The minimum atomic E-state index is -0.300. The summed E-state index contributed by atoms with van der Waals surface area (Å²) in [6.07, 6.45) is 5.94. The normalized spacial score (nSPS) is 17.0. The van der Waals surface area contributed by atoms with E-state index in [4.69, 9.17) is 4.84 Å². The van der Waals surface area contributed by atoms with Gasteiger partial charge < -0.3 is 4.84 Å². The van der Waals surface area contributed by atoms with E-state index >= 15 is 0 Å². The summed E-state index contributed by atoms with van der Waals surface area (Å²) in [7, 11) is 0. The van der Waals surface area contributed by atoms with Gasteiger partial charge in [-0.05, 0) is 25.0 Å². The summed E-state index contributed by atoms with van der Waals surface area (Å²) in [4.78, 5) is 16.7. The number of hydroxylamine groups is 1. The van der Waals surface area contributed by atoms with Crippen LogP contribution in [-0.4, -0.2) is 12.0 Å². The summed E-state index contributed by atoms with van der Waals surface area (Å²) in [5.41, 5.74) is 3.46. The fraction of sp³-hybridized carbons (Fsp3) is 0.462. The Morgan fingerprint density at radius 3 is 2.50 bits per heavy atom. The molecular weight excluding hydrogens is 202 g/mol. The number of nitrogens with one attached hydrogen (secondary N) is 1. The highest BCUT2D eigenvalue weighted by Gasteiger charge is 2.15. The molecule has 2 rings (SSSR count). The number of hydrogen-bond acceptors (Lipinski definition) is 3. The molecule has 1 fully saturated rings. The summed E-state index contributed by atoms with van der Waals surface area (Å²) in [6.45, 7) is 0. The Labute approximate surface area is 95.8 Å². The Bertz CT molecular complexity index is 331. The maximum Gasteiger partial charge on any atom is 0.356 e. The number of hydrogen-bond donors (Lipinski definition) is 1. The van der Waals surface area contributed by atoms with E-state index in [2.05, 4.69) is 5.48 Å². The van der Waals surface area contributed by atoms with Crippen molar-refractivity contribution < 1.29 is 9.63 Å². The average Bonchev–Trinajstić information content (AvgIpc) is 2.38. The Kier molecular flexibility index (Phi) is 3.94. The van der Waals surface area contributed by atoms with E-state index in [0.29, 0.717) is 11.6 Å². The molecule has 1 aromatic rings. The molecule has 0 spiro atoms. The molecule has 0 bridgehead atoms. The molecule has 0 atom stereocenters. The number of rotatable bonds is 3. The minimum Gasteiger partial charge on any atom is -0.366 e.